The first-order chi connectivity index (χ1) is 12.0. The average molecular weight is 360 g/mol. The van der Waals surface area contributed by atoms with Crippen LogP contribution in [-0.2, 0) is 9.59 Å². The van der Waals surface area contributed by atoms with E-state index in [0.29, 0.717) is 10.7 Å². The van der Waals surface area contributed by atoms with Gasteiger partial charge in [0.05, 0.1) is 17.8 Å². The number of hydrogen-bond acceptors (Lipinski definition) is 4. The number of pyridine rings is 1. The highest BCUT2D eigenvalue weighted by atomic mass is 35.5. The molecule has 0 saturated heterocycles. The minimum absolute atomic E-state index is 0.328. The highest BCUT2D eigenvalue weighted by Crippen LogP contribution is 2.19. The molecular weight excluding hydrogens is 342 g/mol. The van der Waals surface area contributed by atoms with Crippen molar-refractivity contribution in [3.63, 3.8) is 0 Å². The first kappa shape index (κ1) is 18.5. The second-order valence-corrected chi connectivity index (χ2v) is 5.59. The topological polar surface area (TPSA) is 80.3 Å². The summed E-state index contributed by atoms with van der Waals surface area (Å²) in [5.74, 6) is -0.0136. The number of carbonyl (C=O) groups excluding carboxylic acids is 2. The minimum atomic E-state index is -0.725. The highest BCUT2D eigenvalue weighted by molar-refractivity contribution is 6.33. The second kappa shape index (κ2) is 8.84. The molecular formula is C18H18ClN3O3. The molecule has 6 nitrogen and oxygen atoms in total. The van der Waals surface area contributed by atoms with Crippen LogP contribution in [0.5, 0.6) is 5.75 Å². The fourth-order valence-corrected chi connectivity index (χ4v) is 2.10. The van der Waals surface area contributed by atoms with Crippen LogP contribution in [0, 0.1) is 0 Å². The Morgan fingerprint density at radius 1 is 1.24 bits per heavy atom. The third-order valence-electron chi connectivity index (χ3n) is 3.33. The average Bonchev–Trinajstić information content (AvgIpc) is 2.62. The number of amides is 2. The number of rotatable bonds is 6. The summed E-state index contributed by atoms with van der Waals surface area (Å²) in [5, 5.41) is 5.56. The molecule has 1 atom stereocenters. The van der Waals surface area contributed by atoms with Gasteiger partial charge >= 0.3 is 0 Å². The van der Waals surface area contributed by atoms with Crippen molar-refractivity contribution in [3.8, 4) is 5.75 Å². The zero-order chi connectivity index (χ0) is 18.2. The van der Waals surface area contributed by atoms with E-state index in [1.807, 2.05) is 12.1 Å². The number of hydrogen-bond donors (Lipinski definition) is 2. The third kappa shape index (κ3) is 5.61. The van der Waals surface area contributed by atoms with Gasteiger partial charge < -0.3 is 15.4 Å². The quantitative estimate of drug-likeness (QED) is 0.777. The zero-order valence-electron chi connectivity index (χ0n) is 13.8. The first-order valence-corrected chi connectivity index (χ1v) is 7.90. The SMILES string of the molecule is COc1ccc(/C=C/C(=O)N[C@H](C)C(=O)Nc2ccncc2Cl)cc1. The summed E-state index contributed by atoms with van der Waals surface area (Å²) in [4.78, 5) is 27.9. The van der Waals surface area contributed by atoms with Crippen LogP contribution in [0.1, 0.15) is 12.5 Å². The van der Waals surface area contributed by atoms with Gasteiger partial charge in [-0.3, -0.25) is 14.6 Å². The second-order valence-electron chi connectivity index (χ2n) is 5.18. The molecule has 0 aliphatic rings. The number of ether oxygens (including phenoxy) is 1. The molecule has 0 aliphatic carbocycles. The van der Waals surface area contributed by atoms with Gasteiger partial charge in [-0.15, -0.1) is 0 Å². The van der Waals surface area contributed by atoms with Gasteiger partial charge in [0, 0.05) is 18.5 Å². The van der Waals surface area contributed by atoms with E-state index in [1.165, 1.54) is 18.5 Å². The lowest BCUT2D eigenvalue weighted by Gasteiger charge is -2.13. The van der Waals surface area contributed by atoms with E-state index in [1.54, 1.807) is 38.3 Å². The normalized spacial score (nSPS) is 11.8. The molecule has 2 amide bonds. The Morgan fingerprint density at radius 3 is 2.60 bits per heavy atom. The summed E-state index contributed by atoms with van der Waals surface area (Å²) in [5.41, 5.74) is 1.29. The van der Waals surface area contributed by atoms with E-state index in [4.69, 9.17) is 16.3 Å². The van der Waals surface area contributed by atoms with Crippen molar-refractivity contribution in [2.24, 2.45) is 0 Å². The maximum absolute atomic E-state index is 12.1. The molecule has 0 radical (unpaired) electrons. The van der Waals surface area contributed by atoms with Crippen LogP contribution in [0.4, 0.5) is 5.69 Å². The molecule has 25 heavy (non-hydrogen) atoms. The van der Waals surface area contributed by atoms with Crippen molar-refractivity contribution < 1.29 is 14.3 Å². The minimum Gasteiger partial charge on any atom is -0.497 e. The number of benzene rings is 1. The molecule has 0 bridgehead atoms. The molecule has 1 aromatic carbocycles. The molecule has 1 aromatic heterocycles. The molecule has 130 valence electrons. The molecule has 2 rings (SSSR count). The van der Waals surface area contributed by atoms with Gasteiger partial charge in [-0.25, -0.2) is 0 Å². The van der Waals surface area contributed by atoms with E-state index >= 15 is 0 Å². The summed E-state index contributed by atoms with van der Waals surface area (Å²) in [6, 6.07) is 8.10. The van der Waals surface area contributed by atoms with Crippen molar-refractivity contribution >= 4 is 35.2 Å². The number of nitrogens with one attached hydrogen (secondary N) is 2. The van der Waals surface area contributed by atoms with Crippen molar-refractivity contribution in [1.29, 1.82) is 0 Å². The maximum atomic E-state index is 12.1. The molecule has 0 unspecified atom stereocenters. The smallest absolute Gasteiger partial charge is 0.246 e. The Hall–Kier alpha value is -2.86. The summed E-state index contributed by atoms with van der Waals surface area (Å²) in [7, 11) is 1.59. The molecule has 1 heterocycles. The lowest BCUT2D eigenvalue weighted by Crippen LogP contribution is -2.40. The van der Waals surface area contributed by atoms with E-state index in [-0.39, 0.29) is 11.8 Å². The van der Waals surface area contributed by atoms with Crippen molar-refractivity contribution in [3.05, 3.63) is 59.4 Å². The van der Waals surface area contributed by atoms with Crippen LogP contribution in [0.25, 0.3) is 6.08 Å². The van der Waals surface area contributed by atoms with Crippen molar-refractivity contribution in [1.82, 2.24) is 10.3 Å². The summed E-state index contributed by atoms with van der Waals surface area (Å²) in [6.45, 7) is 1.59. The van der Waals surface area contributed by atoms with Gasteiger partial charge in [0.2, 0.25) is 11.8 Å². The monoisotopic (exact) mass is 359 g/mol. The molecule has 0 spiro atoms. The predicted molar refractivity (Wildman–Crippen MR) is 97.5 cm³/mol. The van der Waals surface area contributed by atoms with Crippen LogP contribution < -0.4 is 15.4 Å². The Balaban J connectivity index is 1.89. The molecule has 0 fully saturated rings. The highest BCUT2D eigenvalue weighted by Gasteiger charge is 2.15. The van der Waals surface area contributed by atoms with E-state index in [9.17, 15) is 9.59 Å². The molecule has 2 aromatic rings. The Bertz CT molecular complexity index is 775. The fraction of sp³-hybridized carbons (Fsp3) is 0.167. The van der Waals surface area contributed by atoms with Gasteiger partial charge in [-0.05, 0) is 36.8 Å². The van der Waals surface area contributed by atoms with Gasteiger partial charge in [-0.2, -0.15) is 0 Å². The van der Waals surface area contributed by atoms with Crippen LogP contribution in [0.15, 0.2) is 48.8 Å². The van der Waals surface area contributed by atoms with Gasteiger partial charge in [0.1, 0.15) is 11.8 Å². The maximum Gasteiger partial charge on any atom is 0.246 e. The Labute approximate surface area is 150 Å². The van der Waals surface area contributed by atoms with Crippen LogP contribution in [0.2, 0.25) is 5.02 Å². The van der Waals surface area contributed by atoms with E-state index < -0.39 is 6.04 Å². The number of carbonyl (C=O) groups is 2. The molecule has 0 saturated carbocycles. The fourth-order valence-electron chi connectivity index (χ4n) is 1.93. The van der Waals surface area contributed by atoms with Gasteiger partial charge in [-0.1, -0.05) is 23.7 Å². The van der Waals surface area contributed by atoms with Crippen molar-refractivity contribution in [2.75, 3.05) is 12.4 Å². The number of aromatic nitrogens is 1. The predicted octanol–water partition coefficient (Wildman–Crippen LogP) is 2.90. The van der Waals surface area contributed by atoms with Crippen LogP contribution in [0.3, 0.4) is 0 Å². The molecule has 7 heteroatoms. The van der Waals surface area contributed by atoms with Crippen LogP contribution >= 0.6 is 11.6 Å². The summed E-state index contributed by atoms with van der Waals surface area (Å²) >= 11 is 5.93. The summed E-state index contributed by atoms with van der Waals surface area (Å²) in [6.07, 6.45) is 5.96. The van der Waals surface area contributed by atoms with Gasteiger partial charge in [0.15, 0.2) is 0 Å². The number of nitrogens with zero attached hydrogens (tertiary/aromatic N) is 1. The molecule has 0 aliphatic heterocycles. The van der Waals surface area contributed by atoms with E-state index in [0.717, 1.165) is 11.3 Å². The Kier molecular flexibility index (Phi) is 6.54. The van der Waals surface area contributed by atoms with E-state index in [2.05, 4.69) is 15.6 Å². The number of anilines is 1. The lowest BCUT2D eigenvalue weighted by molar-refractivity contribution is -0.123. The van der Waals surface area contributed by atoms with Gasteiger partial charge in [0.25, 0.3) is 0 Å². The number of methoxy groups -OCH3 is 1. The van der Waals surface area contributed by atoms with Crippen molar-refractivity contribution in [2.45, 2.75) is 13.0 Å². The zero-order valence-corrected chi connectivity index (χ0v) is 14.6. The summed E-state index contributed by atoms with van der Waals surface area (Å²) < 4.78 is 5.07. The third-order valence-corrected chi connectivity index (χ3v) is 3.63. The van der Waals surface area contributed by atoms with Crippen LogP contribution in [-0.4, -0.2) is 29.9 Å². The largest absolute Gasteiger partial charge is 0.497 e. The standard InChI is InChI=1S/C18H18ClN3O3/c1-12(18(24)22-16-9-10-20-11-15(16)19)21-17(23)8-5-13-3-6-14(25-2)7-4-13/h3-12H,1-2H3,(H,21,23)(H,20,22,24)/b8-5+/t12-/m1/s1. The Morgan fingerprint density at radius 2 is 1.96 bits per heavy atom. The molecule has 2 N–H and O–H groups in total. The number of halogens is 1. The first-order valence-electron chi connectivity index (χ1n) is 7.52. The lowest BCUT2D eigenvalue weighted by atomic mass is 10.2.